The lowest BCUT2D eigenvalue weighted by Gasteiger charge is -2.15. The summed E-state index contributed by atoms with van der Waals surface area (Å²) >= 11 is 7.42. The van der Waals surface area contributed by atoms with Crippen molar-refractivity contribution in [1.82, 2.24) is 9.88 Å². The molecular formula is C13H23ClN2O2S. The molecule has 0 amide bonds. The molecule has 0 aliphatic rings. The third-order valence-corrected chi connectivity index (χ3v) is 4.00. The minimum atomic E-state index is 0.0990. The number of ether oxygens (including phenoxy) is 1. The van der Waals surface area contributed by atoms with E-state index in [2.05, 4.69) is 16.9 Å². The Morgan fingerprint density at radius 2 is 2.21 bits per heavy atom. The Kier molecular flexibility index (Phi) is 9.38. The van der Waals surface area contributed by atoms with E-state index in [1.807, 2.05) is 5.38 Å². The van der Waals surface area contributed by atoms with Crippen molar-refractivity contribution < 1.29 is 9.84 Å². The number of nitrogens with zero attached hydrogens (tertiary/aromatic N) is 2. The Morgan fingerprint density at radius 3 is 2.89 bits per heavy atom. The van der Waals surface area contributed by atoms with Crippen LogP contribution in [0.4, 0.5) is 0 Å². The number of likely N-dealkylation sites (N-methyl/N-ethyl adjacent to an activating group) is 1. The lowest BCUT2D eigenvalue weighted by molar-refractivity contribution is 0.0782. The minimum absolute atomic E-state index is 0.0990. The second-order valence-corrected chi connectivity index (χ2v) is 5.67. The van der Waals surface area contributed by atoms with Crippen LogP contribution in [0.5, 0.6) is 0 Å². The molecule has 0 saturated heterocycles. The summed E-state index contributed by atoms with van der Waals surface area (Å²) in [6.45, 7) is 3.19. The SMILES string of the molecule is CN(CCCCc1nc(CCl)cs1)CCOCCO. The summed E-state index contributed by atoms with van der Waals surface area (Å²) in [6, 6.07) is 0. The van der Waals surface area contributed by atoms with Crippen LogP contribution in [0.15, 0.2) is 5.38 Å². The third-order valence-electron chi connectivity index (χ3n) is 2.77. The molecule has 19 heavy (non-hydrogen) atoms. The standard InChI is InChI=1S/C13H23ClN2O2S/c1-16(6-8-18-9-7-17)5-3-2-4-13-15-12(10-14)11-19-13/h11,17H,2-10H2,1H3. The Bertz CT molecular complexity index is 336. The summed E-state index contributed by atoms with van der Waals surface area (Å²) in [4.78, 5) is 6.70. The zero-order chi connectivity index (χ0) is 13.9. The van der Waals surface area contributed by atoms with E-state index in [0.29, 0.717) is 19.1 Å². The van der Waals surface area contributed by atoms with Crippen molar-refractivity contribution in [2.45, 2.75) is 25.1 Å². The van der Waals surface area contributed by atoms with Crippen molar-refractivity contribution in [1.29, 1.82) is 0 Å². The molecule has 110 valence electrons. The molecule has 0 atom stereocenters. The number of rotatable bonds is 11. The maximum atomic E-state index is 8.58. The highest BCUT2D eigenvalue weighted by Gasteiger charge is 2.02. The van der Waals surface area contributed by atoms with Crippen LogP contribution in [0, 0.1) is 0 Å². The number of aliphatic hydroxyl groups is 1. The van der Waals surface area contributed by atoms with Crippen molar-refractivity contribution in [2.24, 2.45) is 0 Å². The van der Waals surface area contributed by atoms with Gasteiger partial charge >= 0.3 is 0 Å². The van der Waals surface area contributed by atoms with Crippen molar-refractivity contribution in [2.75, 3.05) is 40.0 Å². The van der Waals surface area contributed by atoms with Gasteiger partial charge in [-0.05, 0) is 32.9 Å². The second kappa shape index (κ2) is 10.6. The maximum absolute atomic E-state index is 8.58. The summed E-state index contributed by atoms with van der Waals surface area (Å²) in [6.07, 6.45) is 3.35. The third kappa shape index (κ3) is 7.84. The molecule has 1 heterocycles. The molecule has 0 spiro atoms. The number of thiazole rings is 1. The van der Waals surface area contributed by atoms with Crippen molar-refractivity contribution >= 4 is 22.9 Å². The maximum Gasteiger partial charge on any atom is 0.0928 e. The summed E-state index contributed by atoms with van der Waals surface area (Å²) in [5.74, 6) is 0.507. The van der Waals surface area contributed by atoms with Crippen LogP contribution < -0.4 is 0 Å². The Morgan fingerprint density at radius 1 is 1.37 bits per heavy atom. The second-order valence-electron chi connectivity index (χ2n) is 4.46. The molecule has 4 nitrogen and oxygen atoms in total. The van der Waals surface area contributed by atoms with Gasteiger partial charge in [0.05, 0.1) is 36.4 Å². The molecule has 1 N–H and O–H groups in total. The van der Waals surface area contributed by atoms with Crippen molar-refractivity contribution in [3.63, 3.8) is 0 Å². The molecule has 1 rings (SSSR count). The van der Waals surface area contributed by atoms with Crippen LogP contribution in [-0.2, 0) is 17.0 Å². The number of hydrogen-bond donors (Lipinski definition) is 1. The molecule has 1 aromatic rings. The van der Waals surface area contributed by atoms with Gasteiger partial charge in [0.15, 0.2) is 0 Å². The lowest BCUT2D eigenvalue weighted by Crippen LogP contribution is -2.24. The quantitative estimate of drug-likeness (QED) is 0.502. The molecule has 0 fully saturated rings. The predicted molar refractivity (Wildman–Crippen MR) is 80.0 cm³/mol. The number of aryl methyl sites for hydroxylation is 1. The highest BCUT2D eigenvalue weighted by atomic mass is 35.5. The average Bonchev–Trinajstić information content (AvgIpc) is 2.88. The average molecular weight is 307 g/mol. The van der Waals surface area contributed by atoms with Gasteiger partial charge in [0.25, 0.3) is 0 Å². The highest BCUT2D eigenvalue weighted by molar-refractivity contribution is 7.09. The normalized spacial score (nSPS) is 11.4. The van der Waals surface area contributed by atoms with Crippen LogP contribution in [0.25, 0.3) is 0 Å². The first-order valence-electron chi connectivity index (χ1n) is 6.62. The molecule has 6 heteroatoms. The van der Waals surface area contributed by atoms with Gasteiger partial charge in [0, 0.05) is 11.9 Å². The van der Waals surface area contributed by atoms with E-state index in [1.54, 1.807) is 11.3 Å². The lowest BCUT2D eigenvalue weighted by atomic mass is 10.2. The van der Waals surface area contributed by atoms with Crippen LogP contribution in [-0.4, -0.2) is 54.9 Å². The number of unbranched alkanes of at least 4 members (excludes halogenated alkanes) is 1. The molecule has 0 aliphatic heterocycles. The van der Waals surface area contributed by atoms with Gasteiger partial charge in [0.2, 0.25) is 0 Å². The van der Waals surface area contributed by atoms with Gasteiger partial charge < -0.3 is 14.7 Å². The fraction of sp³-hybridized carbons (Fsp3) is 0.769. The molecule has 0 unspecified atom stereocenters. The summed E-state index contributed by atoms with van der Waals surface area (Å²) < 4.78 is 5.23. The molecule has 0 aromatic carbocycles. The van der Waals surface area contributed by atoms with Gasteiger partial charge in [-0.15, -0.1) is 22.9 Å². The van der Waals surface area contributed by atoms with E-state index < -0.39 is 0 Å². The van der Waals surface area contributed by atoms with Crippen LogP contribution >= 0.6 is 22.9 Å². The smallest absolute Gasteiger partial charge is 0.0928 e. The first-order chi connectivity index (χ1) is 9.26. The molecule has 0 aliphatic carbocycles. The van der Waals surface area contributed by atoms with Gasteiger partial charge in [-0.3, -0.25) is 0 Å². The van der Waals surface area contributed by atoms with Gasteiger partial charge in [-0.25, -0.2) is 4.98 Å². The van der Waals surface area contributed by atoms with Gasteiger partial charge in [0.1, 0.15) is 0 Å². The van der Waals surface area contributed by atoms with Gasteiger partial charge in [-0.2, -0.15) is 0 Å². The fourth-order valence-corrected chi connectivity index (χ4v) is 2.75. The Balaban J connectivity index is 2.00. The van der Waals surface area contributed by atoms with Crippen molar-refractivity contribution in [3.05, 3.63) is 16.1 Å². The molecule has 0 bridgehead atoms. The summed E-state index contributed by atoms with van der Waals surface area (Å²) in [5.41, 5.74) is 0.986. The van der Waals surface area contributed by atoms with E-state index in [4.69, 9.17) is 21.4 Å². The van der Waals surface area contributed by atoms with E-state index in [0.717, 1.165) is 38.0 Å². The first kappa shape index (κ1) is 16.9. The Hall–Kier alpha value is -0.200. The zero-order valence-electron chi connectivity index (χ0n) is 11.5. The van der Waals surface area contributed by atoms with Crippen LogP contribution in [0.1, 0.15) is 23.5 Å². The minimum Gasteiger partial charge on any atom is -0.394 e. The van der Waals surface area contributed by atoms with E-state index >= 15 is 0 Å². The fourth-order valence-electron chi connectivity index (χ4n) is 1.68. The van der Waals surface area contributed by atoms with Crippen molar-refractivity contribution in [3.8, 4) is 0 Å². The number of alkyl halides is 1. The number of halogens is 1. The van der Waals surface area contributed by atoms with E-state index in [9.17, 15) is 0 Å². The monoisotopic (exact) mass is 306 g/mol. The molecule has 0 saturated carbocycles. The first-order valence-corrected chi connectivity index (χ1v) is 8.04. The van der Waals surface area contributed by atoms with E-state index in [1.165, 1.54) is 5.01 Å². The van der Waals surface area contributed by atoms with E-state index in [-0.39, 0.29) is 6.61 Å². The largest absolute Gasteiger partial charge is 0.394 e. The van der Waals surface area contributed by atoms with Crippen LogP contribution in [0.3, 0.4) is 0 Å². The number of aromatic nitrogens is 1. The molecular weight excluding hydrogens is 284 g/mol. The van der Waals surface area contributed by atoms with Gasteiger partial charge in [-0.1, -0.05) is 0 Å². The Labute approximate surface area is 124 Å². The predicted octanol–water partition coefficient (Wildman–Crippen LogP) is 2.15. The number of hydrogen-bond acceptors (Lipinski definition) is 5. The summed E-state index contributed by atoms with van der Waals surface area (Å²) in [7, 11) is 2.09. The number of aliphatic hydroxyl groups excluding tert-OH is 1. The summed E-state index contributed by atoms with van der Waals surface area (Å²) in [5, 5.41) is 11.8. The zero-order valence-corrected chi connectivity index (χ0v) is 13.0. The molecule has 0 radical (unpaired) electrons. The topological polar surface area (TPSA) is 45.6 Å². The van der Waals surface area contributed by atoms with Crippen LogP contribution in [0.2, 0.25) is 0 Å². The highest BCUT2D eigenvalue weighted by Crippen LogP contribution is 2.14. The molecule has 1 aromatic heterocycles.